The summed E-state index contributed by atoms with van der Waals surface area (Å²) in [5.74, 6) is 0.691. The third-order valence-electron chi connectivity index (χ3n) is 6.40. The van der Waals surface area contributed by atoms with Gasteiger partial charge in [0, 0.05) is 39.5 Å². The monoisotopic (exact) mass is 418 g/mol. The first-order valence-electron chi connectivity index (χ1n) is 10.9. The zero-order valence-electron chi connectivity index (χ0n) is 18.5. The molecule has 0 aromatic heterocycles. The highest BCUT2D eigenvalue weighted by molar-refractivity contribution is 6.07. The van der Waals surface area contributed by atoms with Gasteiger partial charge < -0.3 is 9.80 Å². The van der Waals surface area contributed by atoms with Gasteiger partial charge in [0.05, 0.1) is 0 Å². The minimum absolute atomic E-state index is 0.0123. The maximum atomic E-state index is 13.3. The number of likely N-dealkylation sites (tertiary alicyclic amines) is 1. The van der Waals surface area contributed by atoms with Crippen molar-refractivity contribution in [3.05, 3.63) is 71.3 Å². The number of piperidine rings is 1. The van der Waals surface area contributed by atoms with Crippen LogP contribution in [0.1, 0.15) is 41.9 Å². The highest BCUT2D eigenvalue weighted by atomic mass is 16.2. The van der Waals surface area contributed by atoms with E-state index in [-0.39, 0.29) is 17.7 Å². The highest BCUT2D eigenvalue weighted by Gasteiger charge is 2.46. The molecule has 2 aliphatic heterocycles. The van der Waals surface area contributed by atoms with E-state index in [1.165, 1.54) is 5.56 Å². The summed E-state index contributed by atoms with van der Waals surface area (Å²) >= 11 is 0. The van der Waals surface area contributed by atoms with Crippen LogP contribution in [0, 0.1) is 6.92 Å². The molecule has 1 spiro atoms. The van der Waals surface area contributed by atoms with Crippen molar-refractivity contribution >= 4 is 17.8 Å². The van der Waals surface area contributed by atoms with Crippen LogP contribution in [-0.2, 0) is 9.59 Å². The van der Waals surface area contributed by atoms with E-state index in [1.807, 2.05) is 42.1 Å². The SMILES string of the molecule is Cc1ccc([C@@H](CC(=O)N2CCC3(CC2)N=C(N(C)C)NC3=O)c2ccccc2)cc1. The standard InChI is InChI=1S/C25H30N4O2/c1-18-9-11-20(12-10-18)21(19-7-5-4-6-8-19)17-22(30)29-15-13-25(14-16-29)23(31)26-24(27-25)28(2)3/h4-12,21H,13-17H2,1-3H3,(H,26,27,31)/t21-/m0/s1. The Morgan fingerprint density at radius 1 is 1.06 bits per heavy atom. The van der Waals surface area contributed by atoms with E-state index >= 15 is 0 Å². The molecule has 6 nitrogen and oxygen atoms in total. The Labute approximate surface area is 184 Å². The fourth-order valence-electron chi connectivity index (χ4n) is 4.39. The molecule has 1 saturated heterocycles. The van der Waals surface area contributed by atoms with Gasteiger partial charge in [-0.1, -0.05) is 60.2 Å². The lowest BCUT2D eigenvalue weighted by Crippen LogP contribution is -2.50. The lowest BCUT2D eigenvalue weighted by Gasteiger charge is -2.36. The van der Waals surface area contributed by atoms with Crippen molar-refractivity contribution in [1.29, 1.82) is 0 Å². The normalized spacial score (nSPS) is 18.5. The maximum absolute atomic E-state index is 13.3. The fourth-order valence-corrected chi connectivity index (χ4v) is 4.39. The Kier molecular flexibility index (Phi) is 5.81. The van der Waals surface area contributed by atoms with Gasteiger partial charge in [0.2, 0.25) is 11.9 Å². The highest BCUT2D eigenvalue weighted by Crippen LogP contribution is 2.33. The predicted octanol–water partition coefficient (Wildman–Crippen LogP) is 2.93. The second kappa shape index (κ2) is 8.53. The third kappa shape index (κ3) is 4.33. The number of amides is 2. The molecular formula is C25H30N4O2. The molecule has 2 aromatic carbocycles. The lowest BCUT2D eigenvalue weighted by molar-refractivity contribution is -0.135. The number of nitrogens with one attached hydrogen (secondary N) is 1. The van der Waals surface area contributed by atoms with Crippen LogP contribution < -0.4 is 5.32 Å². The third-order valence-corrected chi connectivity index (χ3v) is 6.40. The number of hydrogen-bond donors (Lipinski definition) is 1. The van der Waals surface area contributed by atoms with E-state index in [1.54, 1.807) is 0 Å². The van der Waals surface area contributed by atoms with Crippen molar-refractivity contribution in [3.63, 3.8) is 0 Å². The summed E-state index contributed by atoms with van der Waals surface area (Å²) in [6.07, 6.45) is 1.53. The van der Waals surface area contributed by atoms with Gasteiger partial charge in [0.25, 0.3) is 5.91 Å². The van der Waals surface area contributed by atoms with Gasteiger partial charge in [-0.15, -0.1) is 0 Å². The summed E-state index contributed by atoms with van der Waals surface area (Å²) in [5.41, 5.74) is 2.76. The van der Waals surface area contributed by atoms with Crippen LogP contribution in [0.5, 0.6) is 0 Å². The molecule has 0 bridgehead atoms. The fraction of sp³-hybridized carbons (Fsp3) is 0.400. The van der Waals surface area contributed by atoms with Gasteiger partial charge in [0.1, 0.15) is 5.54 Å². The molecule has 1 fully saturated rings. The lowest BCUT2D eigenvalue weighted by atomic mass is 9.85. The number of aryl methyl sites for hydroxylation is 1. The number of carbonyl (C=O) groups excluding carboxylic acids is 2. The molecule has 0 radical (unpaired) electrons. The minimum Gasteiger partial charge on any atom is -0.349 e. The van der Waals surface area contributed by atoms with Crippen LogP contribution in [-0.4, -0.2) is 60.3 Å². The molecule has 2 amide bonds. The van der Waals surface area contributed by atoms with Gasteiger partial charge in [-0.25, -0.2) is 4.99 Å². The van der Waals surface area contributed by atoms with Gasteiger partial charge in [0.15, 0.2) is 0 Å². The van der Waals surface area contributed by atoms with Crippen molar-refractivity contribution in [3.8, 4) is 0 Å². The summed E-state index contributed by atoms with van der Waals surface area (Å²) in [5, 5.41) is 2.87. The van der Waals surface area contributed by atoms with Crippen molar-refractivity contribution in [2.24, 2.45) is 4.99 Å². The van der Waals surface area contributed by atoms with E-state index in [0.29, 0.717) is 38.3 Å². The molecule has 2 aliphatic rings. The van der Waals surface area contributed by atoms with Crippen molar-refractivity contribution < 1.29 is 9.59 Å². The Bertz CT molecular complexity index is 974. The summed E-state index contributed by atoms with van der Waals surface area (Å²) in [4.78, 5) is 34.2. The van der Waals surface area contributed by atoms with E-state index in [4.69, 9.17) is 0 Å². The second-order valence-corrected chi connectivity index (χ2v) is 8.77. The Morgan fingerprint density at radius 2 is 1.68 bits per heavy atom. The number of carbonyl (C=O) groups is 2. The number of benzene rings is 2. The smallest absolute Gasteiger partial charge is 0.254 e. The van der Waals surface area contributed by atoms with Crippen molar-refractivity contribution in [1.82, 2.24) is 15.1 Å². The summed E-state index contributed by atoms with van der Waals surface area (Å²) in [6.45, 7) is 3.16. The van der Waals surface area contributed by atoms with Crippen LogP contribution in [0.15, 0.2) is 59.6 Å². The van der Waals surface area contributed by atoms with Crippen LogP contribution in [0.3, 0.4) is 0 Å². The number of rotatable bonds is 4. The molecule has 31 heavy (non-hydrogen) atoms. The first kappa shape index (κ1) is 21.1. The quantitative estimate of drug-likeness (QED) is 0.830. The average molecular weight is 419 g/mol. The number of guanidine groups is 1. The summed E-state index contributed by atoms with van der Waals surface area (Å²) in [7, 11) is 3.73. The molecule has 0 saturated carbocycles. The van der Waals surface area contributed by atoms with E-state index in [2.05, 4.69) is 53.6 Å². The Balaban J connectivity index is 1.48. The largest absolute Gasteiger partial charge is 0.349 e. The zero-order chi connectivity index (χ0) is 22.0. The molecule has 1 atom stereocenters. The second-order valence-electron chi connectivity index (χ2n) is 8.77. The molecule has 2 heterocycles. The minimum atomic E-state index is -0.730. The van der Waals surface area contributed by atoms with E-state index in [0.717, 1.165) is 11.1 Å². The van der Waals surface area contributed by atoms with Gasteiger partial charge >= 0.3 is 0 Å². The first-order valence-corrected chi connectivity index (χ1v) is 10.9. The Hall–Kier alpha value is -3.15. The average Bonchev–Trinajstić information content (AvgIpc) is 3.10. The Morgan fingerprint density at radius 3 is 2.26 bits per heavy atom. The summed E-state index contributed by atoms with van der Waals surface area (Å²) < 4.78 is 0. The van der Waals surface area contributed by atoms with Crippen molar-refractivity contribution in [2.75, 3.05) is 27.2 Å². The van der Waals surface area contributed by atoms with Crippen LogP contribution in [0.2, 0.25) is 0 Å². The maximum Gasteiger partial charge on any atom is 0.254 e. The number of hydrogen-bond acceptors (Lipinski definition) is 4. The van der Waals surface area contributed by atoms with Crippen LogP contribution in [0.4, 0.5) is 0 Å². The molecule has 1 N–H and O–H groups in total. The number of nitrogens with zero attached hydrogens (tertiary/aromatic N) is 3. The van der Waals surface area contributed by atoms with Gasteiger partial charge in [-0.05, 0) is 30.9 Å². The molecule has 4 rings (SSSR count). The molecule has 0 aliphatic carbocycles. The number of aliphatic imine (C=N–C) groups is 1. The molecular weight excluding hydrogens is 388 g/mol. The van der Waals surface area contributed by atoms with Gasteiger partial charge in [-0.2, -0.15) is 0 Å². The van der Waals surface area contributed by atoms with Crippen molar-refractivity contribution in [2.45, 2.75) is 37.6 Å². The molecule has 0 unspecified atom stereocenters. The van der Waals surface area contributed by atoms with Crippen LogP contribution in [0.25, 0.3) is 0 Å². The summed E-state index contributed by atoms with van der Waals surface area (Å²) in [6, 6.07) is 18.6. The van der Waals surface area contributed by atoms with Gasteiger partial charge in [-0.3, -0.25) is 14.9 Å². The van der Waals surface area contributed by atoms with E-state index < -0.39 is 5.54 Å². The topological polar surface area (TPSA) is 65.0 Å². The first-order chi connectivity index (χ1) is 14.9. The van der Waals surface area contributed by atoms with Crippen LogP contribution >= 0.6 is 0 Å². The molecule has 162 valence electrons. The predicted molar refractivity (Wildman–Crippen MR) is 122 cm³/mol. The molecule has 2 aromatic rings. The van der Waals surface area contributed by atoms with E-state index in [9.17, 15) is 9.59 Å². The molecule has 6 heteroatoms. The zero-order valence-corrected chi connectivity index (χ0v) is 18.5.